The molecule has 0 fully saturated rings. The van der Waals surface area contributed by atoms with Crippen LogP contribution in [0.15, 0.2) is 41.0 Å². The molecule has 0 atom stereocenters. The third kappa shape index (κ3) is 1.76. The summed E-state index contributed by atoms with van der Waals surface area (Å²) in [5.74, 6) is 1.98. The van der Waals surface area contributed by atoms with E-state index in [1.165, 1.54) is 0 Å². The number of benzene rings is 1. The summed E-state index contributed by atoms with van der Waals surface area (Å²) in [5.41, 5.74) is 8.57. The van der Waals surface area contributed by atoms with Crippen molar-refractivity contribution in [3.63, 3.8) is 0 Å². The zero-order valence-electron chi connectivity index (χ0n) is 10.3. The topological polar surface area (TPSA) is 57.0 Å². The first kappa shape index (κ1) is 10.9. The van der Waals surface area contributed by atoms with Crippen molar-refractivity contribution in [3.8, 4) is 0 Å². The van der Waals surface area contributed by atoms with Crippen LogP contribution in [0.25, 0.3) is 11.0 Å². The summed E-state index contributed by atoms with van der Waals surface area (Å²) in [6.07, 6.45) is 2.58. The molecule has 3 aromatic rings. The molecule has 2 aromatic heterocycles. The molecule has 18 heavy (non-hydrogen) atoms. The highest BCUT2D eigenvalue weighted by Crippen LogP contribution is 2.21. The lowest BCUT2D eigenvalue weighted by atomic mass is 10.3. The highest BCUT2D eigenvalue weighted by atomic mass is 16.3. The number of hydrogen-bond donors (Lipinski definition) is 1. The molecule has 92 valence electrons. The molecule has 2 N–H and O–H groups in total. The van der Waals surface area contributed by atoms with Gasteiger partial charge in [-0.25, -0.2) is 4.98 Å². The SMILES string of the molecule is CCc1nc2cc(N)ccc2n1Cc1ccco1. The van der Waals surface area contributed by atoms with Crippen molar-refractivity contribution >= 4 is 16.7 Å². The van der Waals surface area contributed by atoms with Crippen LogP contribution in [0.4, 0.5) is 5.69 Å². The number of nitrogens with two attached hydrogens (primary N) is 1. The molecule has 0 unspecified atom stereocenters. The summed E-state index contributed by atoms with van der Waals surface area (Å²) in [6, 6.07) is 9.70. The average Bonchev–Trinajstić information content (AvgIpc) is 2.97. The summed E-state index contributed by atoms with van der Waals surface area (Å²) in [5, 5.41) is 0. The van der Waals surface area contributed by atoms with Crippen molar-refractivity contribution < 1.29 is 4.42 Å². The van der Waals surface area contributed by atoms with Crippen LogP contribution in [0.5, 0.6) is 0 Å². The van der Waals surface area contributed by atoms with Crippen LogP contribution in [0.1, 0.15) is 18.5 Å². The van der Waals surface area contributed by atoms with Crippen LogP contribution in [-0.2, 0) is 13.0 Å². The van der Waals surface area contributed by atoms with E-state index in [1.807, 2.05) is 30.3 Å². The molecule has 4 heteroatoms. The minimum Gasteiger partial charge on any atom is -0.467 e. The van der Waals surface area contributed by atoms with Crippen LogP contribution < -0.4 is 5.73 Å². The highest BCUT2D eigenvalue weighted by Gasteiger charge is 2.10. The first-order valence-electron chi connectivity index (χ1n) is 6.05. The fourth-order valence-electron chi connectivity index (χ4n) is 2.20. The number of imidazole rings is 1. The van der Waals surface area contributed by atoms with E-state index >= 15 is 0 Å². The molecule has 0 radical (unpaired) electrons. The van der Waals surface area contributed by atoms with E-state index in [9.17, 15) is 0 Å². The Morgan fingerprint density at radius 2 is 2.22 bits per heavy atom. The quantitative estimate of drug-likeness (QED) is 0.717. The van der Waals surface area contributed by atoms with Crippen LogP contribution in [0, 0.1) is 0 Å². The molecule has 1 aromatic carbocycles. The lowest BCUT2D eigenvalue weighted by molar-refractivity contribution is 0.492. The summed E-state index contributed by atoms with van der Waals surface area (Å²) in [4.78, 5) is 4.61. The zero-order chi connectivity index (χ0) is 12.5. The zero-order valence-corrected chi connectivity index (χ0v) is 10.3. The second-order valence-electron chi connectivity index (χ2n) is 4.30. The molecule has 0 amide bonds. The van der Waals surface area contributed by atoms with Crippen LogP contribution in [0.3, 0.4) is 0 Å². The van der Waals surface area contributed by atoms with E-state index in [0.717, 1.165) is 34.7 Å². The van der Waals surface area contributed by atoms with E-state index in [4.69, 9.17) is 10.2 Å². The van der Waals surface area contributed by atoms with Crippen molar-refractivity contribution in [2.45, 2.75) is 19.9 Å². The van der Waals surface area contributed by atoms with E-state index in [0.29, 0.717) is 6.54 Å². The number of fused-ring (bicyclic) bond motifs is 1. The molecular formula is C14H15N3O. The molecule has 0 aliphatic rings. The number of furan rings is 1. The fourth-order valence-corrected chi connectivity index (χ4v) is 2.20. The van der Waals surface area contributed by atoms with E-state index in [2.05, 4.69) is 16.5 Å². The Morgan fingerprint density at radius 1 is 1.33 bits per heavy atom. The lowest BCUT2D eigenvalue weighted by Gasteiger charge is -2.05. The van der Waals surface area contributed by atoms with Gasteiger partial charge in [0.15, 0.2) is 0 Å². The standard InChI is InChI=1S/C14H15N3O/c1-2-14-16-12-8-10(15)5-6-13(12)17(14)9-11-4-3-7-18-11/h3-8H,2,9,15H2,1H3. The van der Waals surface area contributed by atoms with Gasteiger partial charge in [-0.15, -0.1) is 0 Å². The molecule has 0 saturated heterocycles. The maximum absolute atomic E-state index is 5.79. The smallest absolute Gasteiger partial charge is 0.123 e. The van der Waals surface area contributed by atoms with Crippen LogP contribution in [0.2, 0.25) is 0 Å². The van der Waals surface area contributed by atoms with Gasteiger partial charge in [-0.05, 0) is 30.3 Å². The third-order valence-corrected chi connectivity index (χ3v) is 3.06. The van der Waals surface area contributed by atoms with Crippen molar-refractivity contribution in [2.24, 2.45) is 0 Å². The molecule has 4 nitrogen and oxygen atoms in total. The summed E-state index contributed by atoms with van der Waals surface area (Å²) < 4.78 is 7.58. The molecule has 3 rings (SSSR count). The predicted molar refractivity (Wildman–Crippen MR) is 71.3 cm³/mol. The van der Waals surface area contributed by atoms with Gasteiger partial charge in [-0.1, -0.05) is 6.92 Å². The number of aromatic nitrogens is 2. The van der Waals surface area contributed by atoms with Gasteiger partial charge in [0.25, 0.3) is 0 Å². The third-order valence-electron chi connectivity index (χ3n) is 3.06. The summed E-state index contributed by atoms with van der Waals surface area (Å²) in [6.45, 7) is 2.81. The van der Waals surface area contributed by atoms with Crippen molar-refractivity contribution in [3.05, 3.63) is 48.2 Å². The summed E-state index contributed by atoms with van der Waals surface area (Å²) in [7, 11) is 0. The van der Waals surface area contributed by atoms with Gasteiger partial charge in [0.2, 0.25) is 0 Å². The molecule has 0 bridgehead atoms. The fraction of sp³-hybridized carbons (Fsp3) is 0.214. The van der Waals surface area contributed by atoms with E-state index in [-0.39, 0.29) is 0 Å². The van der Waals surface area contributed by atoms with Gasteiger partial charge >= 0.3 is 0 Å². The number of rotatable bonds is 3. The Balaban J connectivity index is 2.13. The van der Waals surface area contributed by atoms with E-state index in [1.54, 1.807) is 6.26 Å². The second-order valence-corrected chi connectivity index (χ2v) is 4.30. The Morgan fingerprint density at radius 3 is 2.94 bits per heavy atom. The number of hydrogen-bond acceptors (Lipinski definition) is 3. The van der Waals surface area contributed by atoms with Gasteiger partial charge in [-0.2, -0.15) is 0 Å². The number of aryl methyl sites for hydroxylation is 1. The van der Waals surface area contributed by atoms with E-state index < -0.39 is 0 Å². The maximum Gasteiger partial charge on any atom is 0.123 e. The lowest BCUT2D eigenvalue weighted by Crippen LogP contribution is -2.03. The predicted octanol–water partition coefficient (Wildman–Crippen LogP) is 2.82. The van der Waals surface area contributed by atoms with Crippen molar-refractivity contribution in [1.29, 1.82) is 0 Å². The second kappa shape index (κ2) is 4.22. The molecule has 0 aliphatic heterocycles. The Labute approximate surface area is 105 Å². The first-order valence-corrected chi connectivity index (χ1v) is 6.05. The molecule has 0 saturated carbocycles. The van der Waals surface area contributed by atoms with Gasteiger partial charge < -0.3 is 14.7 Å². The number of anilines is 1. The Kier molecular flexibility index (Phi) is 2.55. The highest BCUT2D eigenvalue weighted by molar-refractivity contribution is 5.79. The maximum atomic E-state index is 5.79. The van der Waals surface area contributed by atoms with Gasteiger partial charge in [-0.3, -0.25) is 0 Å². The number of nitrogen functional groups attached to an aromatic ring is 1. The van der Waals surface area contributed by atoms with Crippen LogP contribution >= 0.6 is 0 Å². The normalized spacial score (nSPS) is 11.2. The number of nitrogens with zero attached hydrogens (tertiary/aromatic N) is 2. The molecule has 2 heterocycles. The van der Waals surface area contributed by atoms with Crippen molar-refractivity contribution in [1.82, 2.24) is 9.55 Å². The van der Waals surface area contributed by atoms with Crippen LogP contribution in [-0.4, -0.2) is 9.55 Å². The van der Waals surface area contributed by atoms with Gasteiger partial charge in [0, 0.05) is 12.1 Å². The first-order chi connectivity index (χ1) is 8.78. The minimum atomic E-state index is 0.705. The monoisotopic (exact) mass is 241 g/mol. The van der Waals surface area contributed by atoms with Crippen molar-refractivity contribution in [2.75, 3.05) is 5.73 Å². The Bertz CT molecular complexity index is 668. The minimum absolute atomic E-state index is 0.705. The molecule has 0 spiro atoms. The Hall–Kier alpha value is -2.23. The molecule has 0 aliphatic carbocycles. The largest absolute Gasteiger partial charge is 0.467 e. The van der Waals surface area contributed by atoms with Gasteiger partial charge in [0.1, 0.15) is 11.6 Å². The molecular weight excluding hydrogens is 226 g/mol. The average molecular weight is 241 g/mol. The van der Waals surface area contributed by atoms with Gasteiger partial charge in [0.05, 0.1) is 23.8 Å². The summed E-state index contributed by atoms with van der Waals surface area (Å²) >= 11 is 0.